The van der Waals surface area contributed by atoms with E-state index in [1.165, 1.54) is 12.8 Å². The fourth-order valence-electron chi connectivity index (χ4n) is 4.17. The lowest BCUT2D eigenvalue weighted by Gasteiger charge is -2.21. The summed E-state index contributed by atoms with van der Waals surface area (Å²) in [6, 6.07) is 9.83. The Balaban J connectivity index is 1.56. The quantitative estimate of drug-likeness (QED) is 0.886. The molecule has 148 valence electrons. The number of carbonyl (C=O) groups is 2. The molecule has 28 heavy (non-hydrogen) atoms. The van der Waals surface area contributed by atoms with Crippen LogP contribution in [0.2, 0.25) is 0 Å². The van der Waals surface area contributed by atoms with Crippen LogP contribution < -0.4 is 5.32 Å². The second kappa shape index (κ2) is 8.59. The molecule has 6 heteroatoms. The van der Waals surface area contributed by atoms with Crippen molar-refractivity contribution in [2.75, 3.05) is 13.1 Å². The molecule has 2 aliphatic heterocycles. The monoisotopic (exact) mass is 380 g/mol. The van der Waals surface area contributed by atoms with E-state index >= 15 is 0 Å². The Morgan fingerprint density at radius 2 is 1.64 bits per heavy atom. The van der Waals surface area contributed by atoms with Crippen molar-refractivity contribution >= 4 is 11.8 Å². The highest BCUT2D eigenvalue weighted by Crippen LogP contribution is 2.23. The molecule has 1 N–H and O–H groups in total. The summed E-state index contributed by atoms with van der Waals surface area (Å²) in [5.41, 5.74) is 2.47. The lowest BCUT2D eigenvalue weighted by molar-refractivity contribution is 0.0754. The largest absolute Gasteiger partial charge is 0.345 e. The summed E-state index contributed by atoms with van der Waals surface area (Å²) < 4.78 is 1.97. The average molecular weight is 380 g/mol. The molecule has 4 rings (SSSR count). The lowest BCUT2D eigenvalue weighted by atomic mass is 10.1. The van der Waals surface area contributed by atoms with Crippen LogP contribution in [0, 0.1) is 0 Å². The molecule has 0 atom stereocenters. The first-order chi connectivity index (χ1) is 13.7. The van der Waals surface area contributed by atoms with Crippen LogP contribution in [-0.4, -0.2) is 39.4 Å². The SMILES string of the molecule is O=C(NCc1ccccc1)c1nc(C(=O)N2CCCCCC2)c2n1CCCC2. The van der Waals surface area contributed by atoms with E-state index in [9.17, 15) is 9.59 Å². The number of aromatic nitrogens is 2. The third-order valence-corrected chi connectivity index (χ3v) is 5.71. The first-order valence-electron chi connectivity index (χ1n) is 10.4. The van der Waals surface area contributed by atoms with E-state index in [1.807, 2.05) is 39.8 Å². The predicted molar refractivity (Wildman–Crippen MR) is 107 cm³/mol. The molecule has 3 heterocycles. The predicted octanol–water partition coefficient (Wildman–Crippen LogP) is 3.17. The van der Waals surface area contributed by atoms with Gasteiger partial charge in [0.05, 0.1) is 5.69 Å². The Kier molecular flexibility index (Phi) is 5.74. The van der Waals surface area contributed by atoms with Crippen molar-refractivity contribution in [1.82, 2.24) is 19.8 Å². The highest BCUT2D eigenvalue weighted by atomic mass is 16.2. The van der Waals surface area contributed by atoms with E-state index in [0.29, 0.717) is 18.1 Å². The number of hydrogen-bond donors (Lipinski definition) is 1. The van der Waals surface area contributed by atoms with Gasteiger partial charge >= 0.3 is 0 Å². The van der Waals surface area contributed by atoms with Crippen molar-refractivity contribution < 1.29 is 9.59 Å². The molecule has 0 unspecified atom stereocenters. The van der Waals surface area contributed by atoms with Crippen LogP contribution in [0.25, 0.3) is 0 Å². The van der Waals surface area contributed by atoms with Gasteiger partial charge in [0, 0.05) is 26.2 Å². The Labute approximate surface area is 165 Å². The maximum Gasteiger partial charge on any atom is 0.287 e. The Morgan fingerprint density at radius 3 is 2.39 bits per heavy atom. The number of benzene rings is 1. The number of carbonyl (C=O) groups excluding carboxylic acids is 2. The number of hydrogen-bond acceptors (Lipinski definition) is 3. The topological polar surface area (TPSA) is 67.2 Å². The van der Waals surface area contributed by atoms with Crippen LogP contribution in [0.4, 0.5) is 0 Å². The summed E-state index contributed by atoms with van der Waals surface area (Å²) in [6.45, 7) is 2.79. The van der Waals surface area contributed by atoms with Gasteiger partial charge in [-0.15, -0.1) is 0 Å². The van der Waals surface area contributed by atoms with Crippen molar-refractivity contribution in [1.29, 1.82) is 0 Å². The van der Waals surface area contributed by atoms with Gasteiger partial charge in [-0.3, -0.25) is 9.59 Å². The average Bonchev–Trinajstić information content (AvgIpc) is 2.92. The maximum atomic E-state index is 13.2. The van der Waals surface area contributed by atoms with Crippen molar-refractivity contribution in [2.24, 2.45) is 0 Å². The van der Waals surface area contributed by atoms with Gasteiger partial charge in [-0.1, -0.05) is 43.2 Å². The van der Waals surface area contributed by atoms with E-state index in [4.69, 9.17) is 0 Å². The number of rotatable bonds is 4. The third kappa shape index (κ3) is 3.96. The number of amides is 2. The second-order valence-corrected chi connectivity index (χ2v) is 7.71. The summed E-state index contributed by atoms with van der Waals surface area (Å²) >= 11 is 0. The zero-order chi connectivity index (χ0) is 19.3. The normalized spacial score (nSPS) is 16.9. The summed E-state index contributed by atoms with van der Waals surface area (Å²) in [6.07, 6.45) is 7.32. The van der Waals surface area contributed by atoms with E-state index in [-0.39, 0.29) is 11.8 Å². The molecule has 2 aliphatic rings. The summed E-state index contributed by atoms with van der Waals surface area (Å²) in [7, 11) is 0. The van der Waals surface area contributed by atoms with Gasteiger partial charge in [0.25, 0.3) is 11.8 Å². The van der Waals surface area contributed by atoms with Crippen molar-refractivity contribution in [2.45, 2.75) is 58.0 Å². The van der Waals surface area contributed by atoms with Crippen LogP contribution in [0.1, 0.15) is 70.9 Å². The van der Waals surface area contributed by atoms with E-state index in [2.05, 4.69) is 10.3 Å². The van der Waals surface area contributed by atoms with E-state index < -0.39 is 0 Å². The van der Waals surface area contributed by atoms with Gasteiger partial charge in [-0.05, 0) is 37.7 Å². The zero-order valence-corrected chi connectivity index (χ0v) is 16.3. The fraction of sp³-hybridized carbons (Fsp3) is 0.500. The standard InChI is InChI=1S/C22H28N4O2/c27-21(23-16-17-10-4-3-5-11-17)20-24-19(18-12-6-9-15-26(18)20)22(28)25-13-7-1-2-8-14-25/h3-5,10-11H,1-2,6-9,12-16H2,(H,23,27). The van der Waals surface area contributed by atoms with Crippen LogP contribution in [0.3, 0.4) is 0 Å². The molecule has 0 saturated carbocycles. The molecule has 1 aromatic carbocycles. The van der Waals surface area contributed by atoms with Gasteiger partial charge in [0.1, 0.15) is 5.69 Å². The Morgan fingerprint density at radius 1 is 0.929 bits per heavy atom. The lowest BCUT2D eigenvalue weighted by Crippen LogP contribution is -2.33. The number of imidazole rings is 1. The smallest absolute Gasteiger partial charge is 0.287 e. The first kappa shape index (κ1) is 18.7. The van der Waals surface area contributed by atoms with Gasteiger partial charge in [-0.2, -0.15) is 0 Å². The molecule has 2 amide bonds. The molecule has 2 aromatic rings. The molecule has 1 aromatic heterocycles. The summed E-state index contributed by atoms with van der Waals surface area (Å²) in [5, 5.41) is 2.96. The van der Waals surface area contributed by atoms with Gasteiger partial charge < -0.3 is 14.8 Å². The van der Waals surface area contributed by atoms with Crippen molar-refractivity contribution in [3.8, 4) is 0 Å². The van der Waals surface area contributed by atoms with Gasteiger partial charge in [0.2, 0.25) is 0 Å². The molecular weight excluding hydrogens is 352 g/mol. The summed E-state index contributed by atoms with van der Waals surface area (Å²) in [5.74, 6) is 0.167. The minimum Gasteiger partial charge on any atom is -0.345 e. The highest BCUT2D eigenvalue weighted by Gasteiger charge is 2.30. The third-order valence-electron chi connectivity index (χ3n) is 5.71. The van der Waals surface area contributed by atoms with E-state index in [0.717, 1.165) is 63.0 Å². The molecule has 1 saturated heterocycles. The highest BCUT2D eigenvalue weighted by molar-refractivity contribution is 5.97. The first-order valence-corrected chi connectivity index (χ1v) is 10.4. The minimum atomic E-state index is -0.207. The van der Waals surface area contributed by atoms with E-state index in [1.54, 1.807) is 0 Å². The summed E-state index contributed by atoms with van der Waals surface area (Å²) in [4.78, 5) is 32.5. The van der Waals surface area contributed by atoms with Crippen molar-refractivity contribution in [3.05, 3.63) is 53.1 Å². The minimum absolute atomic E-state index is 0.00495. The molecule has 6 nitrogen and oxygen atoms in total. The number of likely N-dealkylation sites (tertiary alicyclic amines) is 1. The number of nitrogens with one attached hydrogen (secondary N) is 1. The fourth-order valence-corrected chi connectivity index (χ4v) is 4.17. The van der Waals surface area contributed by atoms with Crippen LogP contribution in [0.5, 0.6) is 0 Å². The molecule has 1 fully saturated rings. The molecule has 0 radical (unpaired) electrons. The Hall–Kier alpha value is -2.63. The second-order valence-electron chi connectivity index (χ2n) is 7.71. The molecule has 0 aliphatic carbocycles. The molecule has 0 bridgehead atoms. The number of nitrogens with zero attached hydrogens (tertiary/aromatic N) is 3. The van der Waals surface area contributed by atoms with Gasteiger partial charge in [-0.25, -0.2) is 4.98 Å². The van der Waals surface area contributed by atoms with Crippen LogP contribution in [-0.2, 0) is 19.5 Å². The Bertz CT molecular complexity index is 836. The van der Waals surface area contributed by atoms with Gasteiger partial charge in [0.15, 0.2) is 5.82 Å². The number of fused-ring (bicyclic) bond motifs is 1. The molecular formula is C22H28N4O2. The molecule has 0 spiro atoms. The maximum absolute atomic E-state index is 13.2. The van der Waals surface area contributed by atoms with Crippen LogP contribution in [0.15, 0.2) is 30.3 Å². The van der Waals surface area contributed by atoms with Crippen molar-refractivity contribution in [3.63, 3.8) is 0 Å². The zero-order valence-electron chi connectivity index (χ0n) is 16.3. The van der Waals surface area contributed by atoms with Crippen LogP contribution >= 0.6 is 0 Å².